The molecule has 0 aliphatic carbocycles. The van der Waals surface area contributed by atoms with Crippen molar-refractivity contribution in [2.24, 2.45) is 0 Å². The molecule has 5 heteroatoms. The summed E-state index contributed by atoms with van der Waals surface area (Å²) in [5.41, 5.74) is 3.79. The molecule has 0 bridgehead atoms. The summed E-state index contributed by atoms with van der Waals surface area (Å²) in [6.07, 6.45) is 0.139. The van der Waals surface area contributed by atoms with E-state index in [9.17, 15) is 0 Å². The molecule has 0 saturated heterocycles. The standard InChI is InChI=1S/C15H26N2O3/c1-13(2)20-15-6-4-3-5-14(15)19-12-11-18-10-9-17-8-7-16/h3-6,13,17H,7-12,16H2,1-2H3/p+2. The molecule has 20 heavy (non-hydrogen) atoms. The Hall–Kier alpha value is -1.30. The number of hydrogen-bond acceptors (Lipinski definition) is 3. The maximum Gasteiger partial charge on any atom is 0.161 e. The molecule has 5 N–H and O–H groups in total. The van der Waals surface area contributed by atoms with E-state index in [0.717, 1.165) is 37.7 Å². The lowest BCUT2D eigenvalue weighted by molar-refractivity contribution is -0.671. The fourth-order valence-electron chi connectivity index (χ4n) is 1.69. The Kier molecular flexibility index (Phi) is 8.78. The molecule has 0 spiro atoms. The summed E-state index contributed by atoms with van der Waals surface area (Å²) in [6, 6.07) is 7.72. The van der Waals surface area contributed by atoms with Gasteiger partial charge in [0, 0.05) is 0 Å². The van der Waals surface area contributed by atoms with Crippen LogP contribution >= 0.6 is 0 Å². The Morgan fingerprint density at radius 3 is 2.50 bits per heavy atom. The third-order valence-electron chi connectivity index (χ3n) is 2.57. The first-order chi connectivity index (χ1) is 9.74. The zero-order chi connectivity index (χ0) is 14.6. The van der Waals surface area contributed by atoms with E-state index in [-0.39, 0.29) is 6.10 Å². The van der Waals surface area contributed by atoms with Gasteiger partial charge in [-0.1, -0.05) is 12.1 Å². The number of rotatable bonds is 11. The van der Waals surface area contributed by atoms with Crippen LogP contribution in [0.15, 0.2) is 24.3 Å². The Labute approximate surface area is 121 Å². The molecule has 5 nitrogen and oxygen atoms in total. The first-order valence-electron chi connectivity index (χ1n) is 7.31. The monoisotopic (exact) mass is 284 g/mol. The molecule has 0 aliphatic rings. The van der Waals surface area contributed by atoms with Gasteiger partial charge in [0.1, 0.15) is 19.7 Å². The topological polar surface area (TPSA) is 71.9 Å². The van der Waals surface area contributed by atoms with Gasteiger partial charge >= 0.3 is 0 Å². The maximum absolute atomic E-state index is 5.70. The van der Waals surface area contributed by atoms with Crippen LogP contribution in [0.3, 0.4) is 0 Å². The number of benzene rings is 1. The van der Waals surface area contributed by atoms with E-state index >= 15 is 0 Å². The van der Waals surface area contributed by atoms with Crippen LogP contribution in [0, 0.1) is 0 Å². The molecule has 0 atom stereocenters. The summed E-state index contributed by atoms with van der Waals surface area (Å²) >= 11 is 0. The fraction of sp³-hybridized carbons (Fsp3) is 0.600. The minimum absolute atomic E-state index is 0.139. The van der Waals surface area contributed by atoms with Gasteiger partial charge in [0.15, 0.2) is 11.5 Å². The SMILES string of the molecule is CC(C)Oc1ccccc1OCCOCC[NH2+]CC[NH3+]. The minimum Gasteiger partial charge on any atom is -0.487 e. The van der Waals surface area contributed by atoms with Gasteiger partial charge < -0.3 is 25.3 Å². The van der Waals surface area contributed by atoms with Crippen molar-refractivity contribution < 1.29 is 25.3 Å². The Bertz CT molecular complexity index is 359. The normalized spacial score (nSPS) is 10.8. The lowest BCUT2D eigenvalue weighted by Gasteiger charge is -2.14. The summed E-state index contributed by atoms with van der Waals surface area (Å²) < 4.78 is 16.9. The molecule has 1 rings (SSSR count). The molecule has 0 aromatic heterocycles. The predicted molar refractivity (Wildman–Crippen MR) is 77.9 cm³/mol. The summed E-state index contributed by atoms with van der Waals surface area (Å²) in [5, 5.41) is 2.21. The number of nitrogens with two attached hydrogens (primary N) is 1. The van der Waals surface area contributed by atoms with Crippen LogP contribution in [0.5, 0.6) is 11.5 Å². The smallest absolute Gasteiger partial charge is 0.161 e. The lowest BCUT2D eigenvalue weighted by atomic mass is 10.3. The highest BCUT2D eigenvalue weighted by Crippen LogP contribution is 2.27. The molecule has 0 heterocycles. The molecule has 0 saturated carbocycles. The Balaban J connectivity index is 2.18. The van der Waals surface area contributed by atoms with Crippen molar-refractivity contribution in [1.29, 1.82) is 0 Å². The van der Waals surface area contributed by atoms with E-state index in [1.165, 1.54) is 0 Å². The molecule has 0 radical (unpaired) electrons. The van der Waals surface area contributed by atoms with Crippen molar-refractivity contribution >= 4 is 0 Å². The van der Waals surface area contributed by atoms with Crippen molar-refractivity contribution in [3.63, 3.8) is 0 Å². The van der Waals surface area contributed by atoms with Crippen molar-refractivity contribution in [1.82, 2.24) is 0 Å². The van der Waals surface area contributed by atoms with Crippen LogP contribution in [-0.2, 0) is 4.74 Å². The average Bonchev–Trinajstić information content (AvgIpc) is 2.43. The Morgan fingerprint density at radius 2 is 1.80 bits per heavy atom. The second kappa shape index (κ2) is 10.5. The minimum atomic E-state index is 0.139. The van der Waals surface area contributed by atoms with Gasteiger partial charge in [-0.3, -0.25) is 0 Å². The third-order valence-corrected chi connectivity index (χ3v) is 2.57. The second-order valence-electron chi connectivity index (χ2n) is 4.79. The number of quaternary nitrogens is 2. The van der Waals surface area contributed by atoms with Crippen LogP contribution in [0.2, 0.25) is 0 Å². The molecular weight excluding hydrogens is 256 g/mol. The van der Waals surface area contributed by atoms with Crippen LogP contribution in [-0.4, -0.2) is 45.6 Å². The number of ether oxygens (including phenoxy) is 3. The van der Waals surface area contributed by atoms with E-state index < -0.39 is 0 Å². The van der Waals surface area contributed by atoms with Gasteiger partial charge in [0.05, 0.1) is 25.9 Å². The summed E-state index contributed by atoms with van der Waals surface area (Å²) in [7, 11) is 0. The van der Waals surface area contributed by atoms with E-state index in [1.54, 1.807) is 0 Å². The van der Waals surface area contributed by atoms with E-state index in [2.05, 4.69) is 11.1 Å². The van der Waals surface area contributed by atoms with Crippen LogP contribution < -0.4 is 20.5 Å². The average molecular weight is 284 g/mol. The molecule has 0 fully saturated rings. The van der Waals surface area contributed by atoms with Crippen molar-refractivity contribution in [2.75, 3.05) is 39.5 Å². The summed E-state index contributed by atoms with van der Waals surface area (Å²) in [4.78, 5) is 0. The number of hydrogen-bond donors (Lipinski definition) is 2. The quantitative estimate of drug-likeness (QED) is 0.547. The maximum atomic E-state index is 5.70. The summed E-state index contributed by atoms with van der Waals surface area (Å²) in [5.74, 6) is 1.56. The number of para-hydroxylation sites is 2. The van der Waals surface area contributed by atoms with Crippen LogP contribution in [0.1, 0.15) is 13.8 Å². The van der Waals surface area contributed by atoms with Crippen LogP contribution in [0.25, 0.3) is 0 Å². The molecule has 1 aromatic rings. The van der Waals surface area contributed by atoms with Gasteiger partial charge in [-0.2, -0.15) is 0 Å². The van der Waals surface area contributed by atoms with E-state index in [4.69, 9.17) is 14.2 Å². The third kappa shape index (κ3) is 7.33. The highest BCUT2D eigenvalue weighted by molar-refractivity contribution is 5.39. The van der Waals surface area contributed by atoms with Crippen LogP contribution in [0.4, 0.5) is 0 Å². The van der Waals surface area contributed by atoms with Gasteiger partial charge in [-0.15, -0.1) is 0 Å². The largest absolute Gasteiger partial charge is 0.487 e. The van der Waals surface area contributed by atoms with Crippen molar-refractivity contribution in [3.8, 4) is 11.5 Å². The highest BCUT2D eigenvalue weighted by atomic mass is 16.5. The first-order valence-corrected chi connectivity index (χ1v) is 7.31. The summed E-state index contributed by atoms with van der Waals surface area (Å²) in [6.45, 7) is 8.86. The first kappa shape index (κ1) is 16.8. The zero-order valence-electron chi connectivity index (χ0n) is 12.6. The van der Waals surface area contributed by atoms with Gasteiger partial charge in [0.2, 0.25) is 0 Å². The van der Waals surface area contributed by atoms with Gasteiger partial charge in [-0.25, -0.2) is 0 Å². The van der Waals surface area contributed by atoms with E-state index in [0.29, 0.717) is 13.2 Å². The molecule has 0 aliphatic heterocycles. The van der Waals surface area contributed by atoms with Crippen molar-refractivity contribution in [2.45, 2.75) is 20.0 Å². The molecule has 0 unspecified atom stereocenters. The molecule has 0 amide bonds. The molecule has 1 aromatic carbocycles. The highest BCUT2D eigenvalue weighted by Gasteiger charge is 2.05. The molecule has 114 valence electrons. The van der Waals surface area contributed by atoms with E-state index in [1.807, 2.05) is 38.1 Å². The lowest BCUT2D eigenvalue weighted by Crippen LogP contribution is -2.88. The fourth-order valence-corrected chi connectivity index (χ4v) is 1.69. The van der Waals surface area contributed by atoms with Crippen molar-refractivity contribution in [3.05, 3.63) is 24.3 Å². The zero-order valence-corrected chi connectivity index (χ0v) is 12.6. The van der Waals surface area contributed by atoms with Gasteiger partial charge in [0.25, 0.3) is 0 Å². The second-order valence-corrected chi connectivity index (χ2v) is 4.79. The predicted octanol–water partition coefficient (Wildman–Crippen LogP) is -0.325. The Morgan fingerprint density at radius 1 is 1.05 bits per heavy atom. The molecular formula is C15H28N2O3+2. The van der Waals surface area contributed by atoms with Gasteiger partial charge in [-0.05, 0) is 26.0 Å².